The van der Waals surface area contributed by atoms with Crippen molar-refractivity contribution in [2.75, 3.05) is 10.2 Å². The van der Waals surface area contributed by atoms with Gasteiger partial charge in [-0.15, -0.1) is 0 Å². The highest BCUT2D eigenvalue weighted by Crippen LogP contribution is 2.40. The van der Waals surface area contributed by atoms with Crippen LogP contribution in [0.25, 0.3) is 27.7 Å². The Morgan fingerprint density at radius 2 is 1.93 bits per heavy atom. The number of para-hydroxylation sites is 1. The number of benzene rings is 2. The standard InChI is InChI=1S/C32H31N7O/c1-19-16-34-32(35-27-15-20(2)38(3)37-27)36-29(19)25-17-33-30-24(25)13-8-14-26(30)39-18-22-11-7-12-23(28(22)31(39)40)21-9-5-4-6-10-21/h7-9,11-17,33H,4-6,10,18H2,1-3H3,(H,34,35,36,37). The number of aromatic amines is 1. The minimum Gasteiger partial charge on any atom is -0.359 e. The number of rotatable bonds is 5. The van der Waals surface area contributed by atoms with E-state index in [4.69, 9.17) is 4.98 Å². The molecule has 8 heteroatoms. The molecule has 1 amide bonds. The number of nitrogens with one attached hydrogen (secondary N) is 2. The fourth-order valence-electron chi connectivity index (χ4n) is 5.98. The fourth-order valence-corrected chi connectivity index (χ4v) is 5.98. The van der Waals surface area contributed by atoms with E-state index >= 15 is 0 Å². The van der Waals surface area contributed by atoms with Crippen LogP contribution in [0.5, 0.6) is 0 Å². The van der Waals surface area contributed by atoms with Crippen molar-refractivity contribution in [3.8, 4) is 11.3 Å². The molecule has 0 radical (unpaired) electrons. The van der Waals surface area contributed by atoms with Crippen LogP contribution in [0.4, 0.5) is 17.5 Å². The molecule has 0 saturated heterocycles. The number of carbonyl (C=O) groups excluding carboxylic acids is 1. The van der Waals surface area contributed by atoms with Crippen molar-refractivity contribution in [1.29, 1.82) is 0 Å². The monoisotopic (exact) mass is 529 g/mol. The number of carbonyl (C=O) groups is 1. The quantitative estimate of drug-likeness (QED) is 0.260. The van der Waals surface area contributed by atoms with Crippen molar-refractivity contribution >= 4 is 39.8 Å². The van der Waals surface area contributed by atoms with Crippen molar-refractivity contribution in [1.82, 2.24) is 24.7 Å². The number of hydrogen-bond donors (Lipinski definition) is 2. The molecule has 0 spiro atoms. The Hall–Kier alpha value is -4.72. The zero-order valence-corrected chi connectivity index (χ0v) is 23.0. The van der Waals surface area contributed by atoms with Gasteiger partial charge in [0.15, 0.2) is 5.82 Å². The van der Waals surface area contributed by atoms with Crippen LogP contribution in [-0.2, 0) is 13.6 Å². The van der Waals surface area contributed by atoms with Crippen LogP contribution in [0.2, 0.25) is 0 Å². The second kappa shape index (κ2) is 9.48. The van der Waals surface area contributed by atoms with Gasteiger partial charge in [-0.05, 0) is 67.9 Å². The molecule has 40 heavy (non-hydrogen) atoms. The maximum Gasteiger partial charge on any atom is 0.259 e. The molecule has 0 unspecified atom stereocenters. The van der Waals surface area contributed by atoms with Crippen LogP contribution in [-0.4, -0.2) is 30.6 Å². The molecule has 3 aromatic heterocycles. The highest BCUT2D eigenvalue weighted by molar-refractivity contribution is 6.16. The minimum atomic E-state index is 0.0658. The Bertz CT molecular complexity index is 1810. The van der Waals surface area contributed by atoms with Crippen molar-refractivity contribution in [3.63, 3.8) is 0 Å². The van der Waals surface area contributed by atoms with Crippen molar-refractivity contribution in [2.24, 2.45) is 7.05 Å². The van der Waals surface area contributed by atoms with E-state index in [1.165, 1.54) is 18.4 Å². The van der Waals surface area contributed by atoms with E-state index in [9.17, 15) is 4.79 Å². The number of allylic oxidation sites excluding steroid dienone is 2. The smallest absolute Gasteiger partial charge is 0.259 e. The molecule has 2 aliphatic rings. The molecular weight excluding hydrogens is 498 g/mol. The van der Waals surface area contributed by atoms with E-state index in [1.54, 1.807) is 0 Å². The molecule has 0 saturated carbocycles. The Labute approximate surface area is 232 Å². The summed E-state index contributed by atoms with van der Waals surface area (Å²) in [5.41, 5.74) is 9.95. The molecule has 4 heterocycles. The molecule has 8 nitrogen and oxygen atoms in total. The number of hydrogen-bond acceptors (Lipinski definition) is 5. The maximum atomic E-state index is 13.9. The third kappa shape index (κ3) is 3.99. The lowest BCUT2D eigenvalue weighted by atomic mass is 9.89. The van der Waals surface area contributed by atoms with E-state index in [0.717, 1.165) is 68.6 Å². The molecule has 1 aliphatic heterocycles. The summed E-state index contributed by atoms with van der Waals surface area (Å²) in [5, 5.41) is 8.70. The lowest BCUT2D eigenvalue weighted by Crippen LogP contribution is -2.23. The Morgan fingerprint density at radius 3 is 2.73 bits per heavy atom. The minimum absolute atomic E-state index is 0.0658. The SMILES string of the molecule is Cc1cnc(Nc2cc(C)n(C)n2)nc1-c1c[nH]c2c(N3Cc4cccc(C5=CCCCC5)c4C3=O)cccc12. The summed E-state index contributed by atoms with van der Waals surface area (Å²) in [4.78, 5) is 28.6. The van der Waals surface area contributed by atoms with Gasteiger partial charge in [-0.3, -0.25) is 9.48 Å². The first-order valence-electron chi connectivity index (χ1n) is 13.8. The first-order valence-corrected chi connectivity index (χ1v) is 13.8. The number of fused-ring (bicyclic) bond motifs is 2. The van der Waals surface area contributed by atoms with Gasteiger partial charge >= 0.3 is 0 Å². The van der Waals surface area contributed by atoms with E-state index in [2.05, 4.69) is 50.7 Å². The lowest BCUT2D eigenvalue weighted by molar-refractivity contribution is 0.0996. The van der Waals surface area contributed by atoms with Crippen molar-refractivity contribution in [2.45, 2.75) is 46.1 Å². The van der Waals surface area contributed by atoms with Gasteiger partial charge in [0, 0.05) is 42.2 Å². The predicted molar refractivity (Wildman–Crippen MR) is 159 cm³/mol. The summed E-state index contributed by atoms with van der Waals surface area (Å²) in [6.07, 6.45) is 10.6. The topological polar surface area (TPSA) is 91.7 Å². The molecule has 0 fully saturated rings. The maximum absolute atomic E-state index is 13.9. The summed E-state index contributed by atoms with van der Waals surface area (Å²) in [5.74, 6) is 1.25. The van der Waals surface area contributed by atoms with Crippen LogP contribution in [0.3, 0.4) is 0 Å². The number of anilines is 3. The Kier molecular flexibility index (Phi) is 5.77. The average Bonchev–Trinajstić information content (AvgIpc) is 3.65. The molecule has 2 N–H and O–H groups in total. The van der Waals surface area contributed by atoms with Gasteiger partial charge in [0.1, 0.15) is 0 Å². The summed E-state index contributed by atoms with van der Waals surface area (Å²) in [6, 6.07) is 14.4. The van der Waals surface area contributed by atoms with Crippen molar-refractivity contribution < 1.29 is 4.79 Å². The molecule has 0 atom stereocenters. The van der Waals surface area contributed by atoms with Crippen LogP contribution in [0, 0.1) is 13.8 Å². The molecule has 2 aromatic carbocycles. The Morgan fingerprint density at radius 1 is 1.05 bits per heavy atom. The van der Waals surface area contributed by atoms with E-state index in [0.29, 0.717) is 18.3 Å². The first kappa shape index (κ1) is 24.3. The van der Waals surface area contributed by atoms with Gasteiger partial charge in [-0.1, -0.05) is 36.4 Å². The summed E-state index contributed by atoms with van der Waals surface area (Å²) >= 11 is 0. The third-order valence-electron chi connectivity index (χ3n) is 8.14. The van der Waals surface area contributed by atoms with Crippen LogP contribution in [0.1, 0.15) is 58.4 Å². The van der Waals surface area contributed by atoms with Gasteiger partial charge in [-0.2, -0.15) is 5.10 Å². The number of amides is 1. The molecular formula is C32H31N7O. The molecule has 7 rings (SSSR count). The molecule has 5 aromatic rings. The van der Waals surface area contributed by atoms with Gasteiger partial charge in [0.05, 0.1) is 29.0 Å². The highest BCUT2D eigenvalue weighted by atomic mass is 16.2. The Balaban J connectivity index is 1.25. The molecule has 0 bridgehead atoms. The van der Waals surface area contributed by atoms with Gasteiger partial charge < -0.3 is 15.2 Å². The predicted octanol–water partition coefficient (Wildman–Crippen LogP) is 6.84. The van der Waals surface area contributed by atoms with Crippen LogP contribution >= 0.6 is 0 Å². The molecule has 1 aliphatic carbocycles. The van der Waals surface area contributed by atoms with E-state index in [-0.39, 0.29) is 5.91 Å². The molecule has 200 valence electrons. The summed E-state index contributed by atoms with van der Waals surface area (Å²) in [6.45, 7) is 4.57. The fraction of sp³-hybridized carbons (Fsp3) is 0.250. The van der Waals surface area contributed by atoms with Crippen LogP contribution < -0.4 is 10.2 Å². The lowest BCUT2D eigenvalue weighted by Gasteiger charge is -2.18. The number of nitrogens with zero attached hydrogens (tertiary/aromatic N) is 5. The average molecular weight is 530 g/mol. The zero-order chi connectivity index (χ0) is 27.4. The second-order valence-corrected chi connectivity index (χ2v) is 10.8. The van der Waals surface area contributed by atoms with Gasteiger partial charge in [0.25, 0.3) is 5.91 Å². The normalized spacial score (nSPS) is 15.0. The van der Waals surface area contributed by atoms with E-state index < -0.39 is 0 Å². The zero-order valence-electron chi connectivity index (χ0n) is 23.0. The first-order chi connectivity index (χ1) is 19.5. The van der Waals surface area contributed by atoms with Crippen molar-refractivity contribution in [3.05, 3.63) is 88.9 Å². The number of aryl methyl sites for hydroxylation is 3. The summed E-state index contributed by atoms with van der Waals surface area (Å²) < 4.78 is 1.81. The number of aromatic nitrogens is 5. The second-order valence-electron chi connectivity index (χ2n) is 10.8. The van der Waals surface area contributed by atoms with Gasteiger partial charge in [0.2, 0.25) is 5.95 Å². The van der Waals surface area contributed by atoms with Gasteiger partial charge in [-0.25, -0.2) is 9.97 Å². The van der Waals surface area contributed by atoms with E-state index in [1.807, 2.05) is 61.1 Å². The van der Waals surface area contributed by atoms with Crippen LogP contribution in [0.15, 0.2) is 60.9 Å². The number of H-pyrrole nitrogens is 1. The largest absolute Gasteiger partial charge is 0.359 e. The summed E-state index contributed by atoms with van der Waals surface area (Å²) in [7, 11) is 1.91. The highest BCUT2D eigenvalue weighted by Gasteiger charge is 2.33. The third-order valence-corrected chi connectivity index (χ3v) is 8.14.